The average Bonchev–Trinajstić information content (AvgIpc) is 3.52. The number of hydrogen-bond acceptors (Lipinski definition) is 3. The van der Waals surface area contributed by atoms with Gasteiger partial charge in [-0.05, 0) is 37.1 Å². The zero-order valence-electron chi connectivity index (χ0n) is 14.5. The van der Waals surface area contributed by atoms with Crippen LogP contribution in [0, 0.1) is 5.92 Å². The number of pyridine rings is 1. The van der Waals surface area contributed by atoms with E-state index in [1.165, 1.54) is 0 Å². The third-order valence-corrected chi connectivity index (χ3v) is 4.62. The van der Waals surface area contributed by atoms with Gasteiger partial charge in [-0.2, -0.15) is 0 Å². The molecule has 0 spiro atoms. The average molecular weight is 345 g/mol. The lowest BCUT2D eigenvalue weighted by Gasteiger charge is -2.20. The number of benzene rings is 2. The van der Waals surface area contributed by atoms with Gasteiger partial charge in [0.15, 0.2) is 0 Å². The van der Waals surface area contributed by atoms with Crippen molar-refractivity contribution in [2.24, 2.45) is 5.92 Å². The molecule has 1 aromatic heterocycles. The highest BCUT2D eigenvalue weighted by atomic mass is 16.2. The van der Waals surface area contributed by atoms with Gasteiger partial charge in [0.05, 0.1) is 28.7 Å². The molecule has 1 aliphatic carbocycles. The van der Waals surface area contributed by atoms with Gasteiger partial charge < -0.3 is 10.2 Å². The molecule has 0 aliphatic heterocycles. The number of aromatic nitrogens is 1. The molecule has 3 aromatic rings. The second-order valence-corrected chi connectivity index (χ2v) is 6.56. The van der Waals surface area contributed by atoms with Crippen molar-refractivity contribution < 1.29 is 9.59 Å². The van der Waals surface area contributed by atoms with Crippen molar-refractivity contribution in [3.05, 3.63) is 66.4 Å². The maximum absolute atomic E-state index is 12.8. The standard InChI is InChI=1S/C21H19N3O2/c1-24(21(26)14-10-11-14)19-9-5-3-7-17(19)20(25)23-16-12-15-6-2-4-8-18(15)22-13-16/h2-9,12-14H,10-11H2,1H3,(H,23,25). The molecule has 130 valence electrons. The van der Waals surface area contributed by atoms with Crippen molar-refractivity contribution >= 4 is 34.1 Å². The fourth-order valence-electron chi connectivity index (χ4n) is 3.02. The summed E-state index contributed by atoms with van der Waals surface area (Å²) in [4.78, 5) is 31.1. The molecule has 0 radical (unpaired) electrons. The molecule has 5 nitrogen and oxygen atoms in total. The molecule has 0 bridgehead atoms. The highest BCUT2D eigenvalue weighted by Gasteiger charge is 2.33. The van der Waals surface area contributed by atoms with Crippen molar-refractivity contribution in [2.45, 2.75) is 12.8 Å². The van der Waals surface area contributed by atoms with Crippen molar-refractivity contribution in [2.75, 3.05) is 17.3 Å². The van der Waals surface area contributed by atoms with E-state index in [4.69, 9.17) is 0 Å². The first-order chi connectivity index (χ1) is 12.6. The van der Waals surface area contributed by atoms with Crippen LogP contribution in [0.5, 0.6) is 0 Å². The Kier molecular flexibility index (Phi) is 4.13. The summed E-state index contributed by atoms with van der Waals surface area (Å²) in [7, 11) is 1.73. The number of nitrogens with zero attached hydrogens (tertiary/aromatic N) is 2. The Bertz CT molecular complexity index is 995. The first-order valence-corrected chi connectivity index (χ1v) is 8.66. The fraction of sp³-hybridized carbons (Fsp3) is 0.190. The van der Waals surface area contributed by atoms with Crippen LogP contribution >= 0.6 is 0 Å². The molecule has 1 aliphatic rings. The summed E-state index contributed by atoms with van der Waals surface area (Å²) in [6.07, 6.45) is 3.50. The first-order valence-electron chi connectivity index (χ1n) is 8.66. The highest BCUT2D eigenvalue weighted by Crippen LogP contribution is 2.33. The minimum absolute atomic E-state index is 0.0672. The SMILES string of the molecule is CN(C(=O)C1CC1)c1ccccc1C(=O)Nc1cnc2ccccc2c1. The van der Waals surface area contributed by atoms with Crippen LogP contribution in [0.4, 0.5) is 11.4 Å². The lowest BCUT2D eigenvalue weighted by atomic mass is 10.1. The van der Waals surface area contributed by atoms with Crippen LogP contribution in [-0.2, 0) is 4.79 Å². The van der Waals surface area contributed by atoms with Gasteiger partial charge in [-0.3, -0.25) is 14.6 Å². The summed E-state index contributed by atoms with van der Waals surface area (Å²) in [5.41, 5.74) is 2.59. The number of nitrogens with one attached hydrogen (secondary N) is 1. The van der Waals surface area contributed by atoms with Crippen LogP contribution in [0.25, 0.3) is 10.9 Å². The van der Waals surface area contributed by atoms with Crippen molar-refractivity contribution in [3.8, 4) is 0 Å². The van der Waals surface area contributed by atoms with E-state index in [0.29, 0.717) is 16.9 Å². The number of carbonyl (C=O) groups is 2. The number of rotatable bonds is 4. The zero-order chi connectivity index (χ0) is 18.1. The predicted octanol–water partition coefficient (Wildman–Crippen LogP) is 3.86. The van der Waals surface area contributed by atoms with Gasteiger partial charge in [0.1, 0.15) is 0 Å². The maximum atomic E-state index is 12.8. The van der Waals surface area contributed by atoms with Gasteiger partial charge in [0.25, 0.3) is 5.91 Å². The van der Waals surface area contributed by atoms with Crippen molar-refractivity contribution in [3.63, 3.8) is 0 Å². The number of para-hydroxylation sites is 2. The molecule has 0 unspecified atom stereocenters. The molecule has 0 atom stereocenters. The van der Waals surface area contributed by atoms with E-state index in [0.717, 1.165) is 23.7 Å². The van der Waals surface area contributed by atoms with Gasteiger partial charge in [0, 0.05) is 18.4 Å². The third kappa shape index (κ3) is 3.16. The Hall–Kier alpha value is -3.21. The van der Waals surface area contributed by atoms with Crippen LogP contribution in [-0.4, -0.2) is 23.8 Å². The molecule has 1 N–H and O–H groups in total. The number of carbonyl (C=O) groups excluding carboxylic acids is 2. The second-order valence-electron chi connectivity index (χ2n) is 6.56. The fourth-order valence-corrected chi connectivity index (χ4v) is 3.02. The first kappa shape index (κ1) is 16.3. The smallest absolute Gasteiger partial charge is 0.257 e. The van der Waals surface area contributed by atoms with Crippen LogP contribution in [0.1, 0.15) is 23.2 Å². The highest BCUT2D eigenvalue weighted by molar-refractivity contribution is 6.11. The van der Waals surface area contributed by atoms with Gasteiger partial charge in [0.2, 0.25) is 5.91 Å². The second kappa shape index (κ2) is 6.59. The van der Waals surface area contributed by atoms with Gasteiger partial charge in [-0.25, -0.2) is 0 Å². The Morgan fingerprint density at radius 1 is 1.08 bits per heavy atom. The number of fused-ring (bicyclic) bond motifs is 1. The summed E-state index contributed by atoms with van der Waals surface area (Å²) in [5.74, 6) is -0.0912. The zero-order valence-corrected chi connectivity index (χ0v) is 14.5. The topological polar surface area (TPSA) is 62.3 Å². The van der Waals surface area contributed by atoms with E-state index < -0.39 is 0 Å². The Labute approximate surface area is 151 Å². The minimum atomic E-state index is -0.256. The van der Waals surface area contributed by atoms with E-state index in [1.54, 1.807) is 36.3 Å². The minimum Gasteiger partial charge on any atom is -0.321 e. The molecular formula is C21H19N3O2. The third-order valence-electron chi connectivity index (χ3n) is 4.62. The predicted molar refractivity (Wildman–Crippen MR) is 102 cm³/mol. The summed E-state index contributed by atoms with van der Waals surface area (Å²) in [6.45, 7) is 0. The molecule has 26 heavy (non-hydrogen) atoms. The van der Waals surface area contributed by atoms with E-state index >= 15 is 0 Å². The molecule has 5 heteroatoms. The van der Waals surface area contributed by atoms with E-state index in [9.17, 15) is 9.59 Å². The molecule has 2 amide bonds. The van der Waals surface area contributed by atoms with Gasteiger partial charge in [-0.1, -0.05) is 30.3 Å². The largest absolute Gasteiger partial charge is 0.321 e. The lowest BCUT2D eigenvalue weighted by molar-refractivity contribution is -0.119. The van der Waals surface area contributed by atoms with Crippen LogP contribution < -0.4 is 10.2 Å². The molecule has 2 aromatic carbocycles. The molecule has 1 saturated carbocycles. The Morgan fingerprint density at radius 2 is 1.81 bits per heavy atom. The van der Waals surface area contributed by atoms with Gasteiger partial charge in [-0.15, -0.1) is 0 Å². The molecule has 1 fully saturated rings. The number of hydrogen-bond donors (Lipinski definition) is 1. The maximum Gasteiger partial charge on any atom is 0.257 e. The normalized spacial score (nSPS) is 13.4. The summed E-state index contributed by atoms with van der Waals surface area (Å²) < 4.78 is 0. The van der Waals surface area contributed by atoms with E-state index in [2.05, 4.69) is 10.3 Å². The van der Waals surface area contributed by atoms with E-state index in [1.807, 2.05) is 36.4 Å². The van der Waals surface area contributed by atoms with Gasteiger partial charge >= 0.3 is 0 Å². The number of anilines is 2. The Morgan fingerprint density at radius 3 is 2.62 bits per heavy atom. The summed E-state index contributed by atoms with van der Waals surface area (Å²) in [6, 6.07) is 16.8. The Balaban J connectivity index is 1.60. The van der Waals surface area contributed by atoms with Crippen LogP contribution in [0.3, 0.4) is 0 Å². The van der Waals surface area contributed by atoms with Crippen LogP contribution in [0.2, 0.25) is 0 Å². The molecule has 1 heterocycles. The molecular weight excluding hydrogens is 326 g/mol. The summed E-state index contributed by atoms with van der Waals surface area (Å²) >= 11 is 0. The number of amides is 2. The van der Waals surface area contributed by atoms with Crippen molar-refractivity contribution in [1.29, 1.82) is 0 Å². The van der Waals surface area contributed by atoms with Crippen molar-refractivity contribution in [1.82, 2.24) is 4.98 Å². The van der Waals surface area contributed by atoms with Crippen LogP contribution in [0.15, 0.2) is 60.8 Å². The molecule has 4 rings (SSSR count). The monoisotopic (exact) mass is 345 g/mol. The molecule has 0 saturated heterocycles. The lowest BCUT2D eigenvalue weighted by Crippen LogP contribution is -2.29. The summed E-state index contributed by atoms with van der Waals surface area (Å²) in [5, 5.41) is 3.85. The van der Waals surface area contributed by atoms with E-state index in [-0.39, 0.29) is 17.7 Å². The quantitative estimate of drug-likeness (QED) is 0.781.